The molecule has 2 rings (SSSR count). The average Bonchev–Trinajstić information content (AvgIpc) is 2.99. The number of rotatable bonds is 7. The first-order valence-corrected chi connectivity index (χ1v) is 6.44. The summed E-state index contributed by atoms with van der Waals surface area (Å²) >= 11 is 1.75. The zero-order chi connectivity index (χ0) is 11.9. The Morgan fingerprint density at radius 2 is 2.12 bits per heavy atom. The van der Waals surface area contributed by atoms with Crippen LogP contribution in [0.1, 0.15) is 4.88 Å². The minimum Gasteiger partial charge on any atom is -0.395 e. The van der Waals surface area contributed by atoms with Crippen molar-refractivity contribution < 1.29 is 5.11 Å². The SMILES string of the molecule is OCCN(CCn1cnnc1)Cc1cccs1. The second-order valence-electron chi connectivity index (χ2n) is 3.78. The molecule has 0 aromatic carbocycles. The van der Waals surface area contributed by atoms with Crippen LogP contribution in [0.2, 0.25) is 0 Å². The average molecular weight is 252 g/mol. The molecule has 0 bridgehead atoms. The lowest BCUT2D eigenvalue weighted by Gasteiger charge is -2.20. The molecule has 0 atom stereocenters. The third-order valence-corrected chi connectivity index (χ3v) is 3.38. The maximum atomic E-state index is 9.05. The van der Waals surface area contributed by atoms with E-state index in [-0.39, 0.29) is 6.61 Å². The molecule has 5 nitrogen and oxygen atoms in total. The van der Waals surface area contributed by atoms with E-state index in [1.807, 2.05) is 4.57 Å². The molecule has 1 N–H and O–H groups in total. The van der Waals surface area contributed by atoms with Crippen LogP contribution in [0.3, 0.4) is 0 Å². The van der Waals surface area contributed by atoms with Crippen molar-refractivity contribution in [3.8, 4) is 0 Å². The molecule has 2 aromatic heterocycles. The van der Waals surface area contributed by atoms with Gasteiger partial charge in [0.15, 0.2) is 0 Å². The quantitative estimate of drug-likeness (QED) is 0.793. The summed E-state index contributed by atoms with van der Waals surface area (Å²) in [6.07, 6.45) is 3.42. The molecule has 0 aliphatic rings. The van der Waals surface area contributed by atoms with Crippen LogP contribution in [0.5, 0.6) is 0 Å². The molecule has 0 unspecified atom stereocenters. The van der Waals surface area contributed by atoms with E-state index in [0.29, 0.717) is 6.54 Å². The van der Waals surface area contributed by atoms with E-state index < -0.39 is 0 Å². The molecule has 17 heavy (non-hydrogen) atoms. The maximum Gasteiger partial charge on any atom is 0.119 e. The highest BCUT2D eigenvalue weighted by molar-refractivity contribution is 7.09. The number of nitrogens with zero attached hydrogens (tertiary/aromatic N) is 4. The van der Waals surface area contributed by atoms with Crippen molar-refractivity contribution in [2.75, 3.05) is 19.7 Å². The molecule has 6 heteroatoms. The summed E-state index contributed by atoms with van der Waals surface area (Å²) in [5.74, 6) is 0. The van der Waals surface area contributed by atoms with Crippen molar-refractivity contribution in [2.45, 2.75) is 13.1 Å². The first kappa shape index (κ1) is 12.2. The lowest BCUT2D eigenvalue weighted by molar-refractivity contribution is 0.186. The van der Waals surface area contributed by atoms with Gasteiger partial charge in [-0.25, -0.2) is 0 Å². The van der Waals surface area contributed by atoms with Crippen LogP contribution in [0.4, 0.5) is 0 Å². The van der Waals surface area contributed by atoms with Crippen LogP contribution >= 0.6 is 11.3 Å². The fourth-order valence-electron chi connectivity index (χ4n) is 1.63. The predicted molar refractivity (Wildman–Crippen MR) is 66.7 cm³/mol. The summed E-state index contributed by atoms with van der Waals surface area (Å²) in [5.41, 5.74) is 0. The summed E-state index contributed by atoms with van der Waals surface area (Å²) in [6.45, 7) is 3.50. The third kappa shape index (κ3) is 3.92. The first-order valence-electron chi connectivity index (χ1n) is 5.56. The zero-order valence-corrected chi connectivity index (χ0v) is 10.4. The van der Waals surface area contributed by atoms with Gasteiger partial charge in [-0.05, 0) is 11.4 Å². The largest absolute Gasteiger partial charge is 0.395 e. The van der Waals surface area contributed by atoms with Crippen molar-refractivity contribution in [3.63, 3.8) is 0 Å². The Balaban J connectivity index is 1.84. The Labute approximate surface area is 104 Å². The third-order valence-electron chi connectivity index (χ3n) is 2.52. The minimum atomic E-state index is 0.188. The Hall–Kier alpha value is -1.24. The van der Waals surface area contributed by atoms with Gasteiger partial charge in [0.2, 0.25) is 0 Å². The van der Waals surface area contributed by atoms with Crippen molar-refractivity contribution in [3.05, 3.63) is 35.0 Å². The Bertz CT molecular complexity index is 401. The van der Waals surface area contributed by atoms with Gasteiger partial charge in [-0.2, -0.15) is 0 Å². The van der Waals surface area contributed by atoms with Crippen molar-refractivity contribution in [1.29, 1.82) is 0 Å². The van der Waals surface area contributed by atoms with E-state index in [0.717, 1.165) is 19.6 Å². The minimum absolute atomic E-state index is 0.188. The molecule has 92 valence electrons. The van der Waals surface area contributed by atoms with Gasteiger partial charge in [-0.1, -0.05) is 6.07 Å². The van der Waals surface area contributed by atoms with Gasteiger partial charge in [-0.15, -0.1) is 21.5 Å². The van der Waals surface area contributed by atoms with Gasteiger partial charge in [0.1, 0.15) is 12.7 Å². The Morgan fingerprint density at radius 3 is 2.76 bits per heavy atom. The summed E-state index contributed by atoms with van der Waals surface area (Å²) in [7, 11) is 0. The van der Waals surface area contributed by atoms with E-state index >= 15 is 0 Å². The van der Waals surface area contributed by atoms with Crippen LogP contribution in [-0.2, 0) is 13.1 Å². The molecule has 0 fully saturated rings. The molecule has 0 amide bonds. The van der Waals surface area contributed by atoms with E-state index in [9.17, 15) is 0 Å². The zero-order valence-electron chi connectivity index (χ0n) is 9.57. The molecule has 2 heterocycles. The van der Waals surface area contributed by atoms with E-state index in [4.69, 9.17) is 5.11 Å². The molecule has 0 spiro atoms. The molecule has 0 radical (unpaired) electrons. The predicted octanol–water partition coefficient (Wildman–Crippen LogP) is 0.834. The lowest BCUT2D eigenvalue weighted by atomic mass is 10.4. The topological polar surface area (TPSA) is 54.2 Å². The highest BCUT2D eigenvalue weighted by Gasteiger charge is 2.06. The highest BCUT2D eigenvalue weighted by atomic mass is 32.1. The van der Waals surface area contributed by atoms with E-state index in [1.54, 1.807) is 24.0 Å². The lowest BCUT2D eigenvalue weighted by Crippen LogP contribution is -2.29. The molecule has 2 aromatic rings. The second-order valence-corrected chi connectivity index (χ2v) is 4.81. The van der Waals surface area contributed by atoms with Crippen LogP contribution in [0.25, 0.3) is 0 Å². The maximum absolute atomic E-state index is 9.05. The Morgan fingerprint density at radius 1 is 1.29 bits per heavy atom. The van der Waals surface area contributed by atoms with Gasteiger partial charge in [0.05, 0.1) is 6.61 Å². The van der Waals surface area contributed by atoms with Crippen molar-refractivity contribution >= 4 is 11.3 Å². The van der Waals surface area contributed by atoms with Crippen LogP contribution in [-0.4, -0.2) is 44.5 Å². The number of aromatic nitrogens is 3. The van der Waals surface area contributed by atoms with Crippen molar-refractivity contribution in [2.24, 2.45) is 0 Å². The normalized spacial score (nSPS) is 11.2. The van der Waals surface area contributed by atoms with Gasteiger partial charge >= 0.3 is 0 Å². The number of hydrogen-bond acceptors (Lipinski definition) is 5. The number of aliphatic hydroxyl groups excluding tert-OH is 1. The summed E-state index contributed by atoms with van der Waals surface area (Å²) < 4.78 is 1.94. The van der Waals surface area contributed by atoms with Crippen LogP contribution in [0, 0.1) is 0 Å². The number of hydrogen-bond donors (Lipinski definition) is 1. The van der Waals surface area contributed by atoms with Crippen LogP contribution in [0.15, 0.2) is 30.2 Å². The second kappa shape index (κ2) is 6.48. The van der Waals surface area contributed by atoms with Crippen molar-refractivity contribution in [1.82, 2.24) is 19.7 Å². The van der Waals surface area contributed by atoms with Crippen LogP contribution < -0.4 is 0 Å². The van der Waals surface area contributed by atoms with Gasteiger partial charge in [0, 0.05) is 31.1 Å². The van der Waals surface area contributed by atoms with Gasteiger partial charge < -0.3 is 9.67 Å². The van der Waals surface area contributed by atoms with Gasteiger partial charge in [0.25, 0.3) is 0 Å². The standard InChI is InChI=1S/C11H16N4OS/c16-6-5-14(8-11-2-1-7-17-11)3-4-15-9-12-13-10-15/h1-2,7,9-10,16H,3-6,8H2. The summed E-state index contributed by atoms with van der Waals surface area (Å²) in [5, 5.41) is 18.7. The number of aliphatic hydroxyl groups is 1. The fraction of sp³-hybridized carbons (Fsp3) is 0.455. The molecular formula is C11H16N4OS. The monoisotopic (exact) mass is 252 g/mol. The highest BCUT2D eigenvalue weighted by Crippen LogP contribution is 2.11. The molecule has 0 aliphatic carbocycles. The van der Waals surface area contributed by atoms with E-state index in [2.05, 4.69) is 32.6 Å². The summed E-state index contributed by atoms with van der Waals surface area (Å²) in [4.78, 5) is 3.55. The molecule has 0 saturated carbocycles. The van der Waals surface area contributed by atoms with Gasteiger partial charge in [-0.3, -0.25) is 4.90 Å². The first-order chi connectivity index (χ1) is 8.38. The molecule has 0 saturated heterocycles. The molecule has 0 aliphatic heterocycles. The number of thiophene rings is 1. The Kier molecular flexibility index (Phi) is 4.66. The smallest absolute Gasteiger partial charge is 0.119 e. The summed E-state index contributed by atoms with van der Waals surface area (Å²) in [6, 6.07) is 4.17. The molecular weight excluding hydrogens is 236 g/mol. The fourth-order valence-corrected chi connectivity index (χ4v) is 2.37. The van der Waals surface area contributed by atoms with E-state index in [1.165, 1.54) is 4.88 Å².